The van der Waals surface area contributed by atoms with Crippen molar-refractivity contribution in [2.75, 3.05) is 0 Å². The molecule has 5 N–H and O–H groups in total. The molecule has 0 aromatic heterocycles. The molecule has 122 valence electrons. The molecule has 7 heteroatoms. The maximum atomic E-state index is 12.4. The van der Waals surface area contributed by atoms with Crippen LogP contribution >= 0.6 is 7.60 Å². The summed E-state index contributed by atoms with van der Waals surface area (Å²) >= 11 is 0. The normalized spacial score (nSPS) is 18.6. The van der Waals surface area contributed by atoms with Gasteiger partial charge in [-0.2, -0.15) is 0 Å². The van der Waals surface area contributed by atoms with Gasteiger partial charge in [0.2, 0.25) is 0 Å². The van der Waals surface area contributed by atoms with E-state index in [9.17, 15) is 9.46 Å². The molecule has 0 amide bonds. The van der Waals surface area contributed by atoms with E-state index in [0.29, 0.717) is 32.1 Å². The minimum absolute atomic E-state index is 0.403. The molecule has 2 atom stereocenters. The molecule has 0 rings (SSSR count). The zero-order chi connectivity index (χ0) is 15.9. The zero-order valence-corrected chi connectivity index (χ0v) is 14.1. The van der Waals surface area contributed by atoms with Crippen LogP contribution in [0.1, 0.15) is 72.6 Å². The number of rotatable bonds is 11. The van der Waals surface area contributed by atoms with Crippen LogP contribution in [0.25, 0.3) is 0 Å². The third-order valence-electron chi connectivity index (χ3n) is 3.71. The predicted molar refractivity (Wildman–Crippen MR) is 80.8 cm³/mol. The molecule has 0 radical (unpaired) electrons. The third kappa shape index (κ3) is 5.43. The van der Waals surface area contributed by atoms with Crippen molar-refractivity contribution in [3.05, 3.63) is 0 Å². The first kappa shape index (κ1) is 20.0. The molecular formula is C13H31N2O4P. The SMILES string of the molecule is CCCCC(N)(CCC)P(=O)(O)OOC(N)(CC)CC. The van der Waals surface area contributed by atoms with Crippen molar-refractivity contribution in [1.82, 2.24) is 0 Å². The topological polar surface area (TPSA) is 108 Å². The minimum atomic E-state index is -4.11. The lowest BCUT2D eigenvalue weighted by molar-refractivity contribution is -0.299. The van der Waals surface area contributed by atoms with E-state index in [2.05, 4.69) is 0 Å². The minimum Gasteiger partial charge on any atom is -0.321 e. The van der Waals surface area contributed by atoms with E-state index >= 15 is 0 Å². The Morgan fingerprint density at radius 3 is 2.00 bits per heavy atom. The summed E-state index contributed by atoms with van der Waals surface area (Å²) in [4.78, 5) is 15.2. The molecule has 0 heterocycles. The molecule has 0 saturated carbocycles. The quantitative estimate of drug-likeness (QED) is 0.234. The van der Waals surface area contributed by atoms with E-state index in [0.717, 1.165) is 12.8 Å². The summed E-state index contributed by atoms with van der Waals surface area (Å²) in [5, 5.41) is -1.28. The van der Waals surface area contributed by atoms with Gasteiger partial charge in [-0.25, -0.2) is 4.89 Å². The summed E-state index contributed by atoms with van der Waals surface area (Å²) in [6, 6.07) is 0. The van der Waals surface area contributed by atoms with Gasteiger partial charge in [-0.05, 0) is 25.7 Å². The van der Waals surface area contributed by atoms with Gasteiger partial charge < -0.3 is 16.4 Å². The van der Waals surface area contributed by atoms with Crippen molar-refractivity contribution in [2.45, 2.75) is 83.6 Å². The molecule has 0 aliphatic heterocycles. The summed E-state index contributed by atoms with van der Waals surface area (Å²) in [5.41, 5.74) is 11.0. The van der Waals surface area contributed by atoms with Crippen LogP contribution in [-0.4, -0.2) is 15.9 Å². The van der Waals surface area contributed by atoms with Crippen LogP contribution in [0.2, 0.25) is 0 Å². The molecule has 20 heavy (non-hydrogen) atoms. The van der Waals surface area contributed by atoms with Crippen LogP contribution < -0.4 is 11.5 Å². The largest absolute Gasteiger partial charge is 0.374 e. The van der Waals surface area contributed by atoms with Crippen LogP contribution in [-0.2, 0) is 14.1 Å². The second-order valence-electron chi connectivity index (χ2n) is 5.41. The van der Waals surface area contributed by atoms with E-state index in [1.165, 1.54) is 0 Å². The van der Waals surface area contributed by atoms with Crippen molar-refractivity contribution >= 4 is 7.60 Å². The van der Waals surface area contributed by atoms with Gasteiger partial charge in [0.05, 0.1) is 0 Å². The molecule has 2 unspecified atom stereocenters. The Labute approximate surface area is 122 Å². The van der Waals surface area contributed by atoms with Gasteiger partial charge in [-0.1, -0.05) is 47.0 Å². The Morgan fingerprint density at radius 1 is 1.05 bits per heavy atom. The molecule has 0 aliphatic rings. The van der Waals surface area contributed by atoms with Gasteiger partial charge in [0.15, 0.2) is 5.72 Å². The highest BCUT2D eigenvalue weighted by atomic mass is 31.2. The summed E-state index contributed by atoms with van der Waals surface area (Å²) in [7, 11) is -4.11. The van der Waals surface area contributed by atoms with E-state index in [4.69, 9.17) is 21.0 Å². The van der Waals surface area contributed by atoms with Crippen LogP contribution in [0.4, 0.5) is 0 Å². The van der Waals surface area contributed by atoms with Crippen molar-refractivity contribution < 1.29 is 19.0 Å². The Balaban J connectivity index is 4.90. The van der Waals surface area contributed by atoms with E-state index in [-0.39, 0.29) is 0 Å². The van der Waals surface area contributed by atoms with Crippen molar-refractivity contribution in [3.8, 4) is 0 Å². The van der Waals surface area contributed by atoms with Gasteiger partial charge in [0.25, 0.3) is 0 Å². The van der Waals surface area contributed by atoms with Crippen molar-refractivity contribution in [3.63, 3.8) is 0 Å². The molecule has 0 bridgehead atoms. The maximum Gasteiger partial charge on any atom is 0.374 e. The molecule has 6 nitrogen and oxygen atoms in total. The average molecular weight is 310 g/mol. The highest BCUT2D eigenvalue weighted by Crippen LogP contribution is 2.57. The second-order valence-corrected chi connectivity index (χ2v) is 7.49. The van der Waals surface area contributed by atoms with Crippen molar-refractivity contribution in [1.29, 1.82) is 0 Å². The Kier molecular flexibility index (Phi) is 8.48. The smallest absolute Gasteiger partial charge is 0.321 e. The monoisotopic (exact) mass is 310 g/mol. The molecule has 0 spiro atoms. The van der Waals surface area contributed by atoms with Gasteiger partial charge in [0.1, 0.15) is 5.28 Å². The Morgan fingerprint density at radius 2 is 1.60 bits per heavy atom. The second kappa shape index (κ2) is 8.47. The van der Waals surface area contributed by atoms with E-state index in [1.54, 1.807) is 0 Å². The summed E-state index contributed by atoms with van der Waals surface area (Å²) in [6.07, 6.45) is 4.13. The zero-order valence-electron chi connectivity index (χ0n) is 13.2. The van der Waals surface area contributed by atoms with Gasteiger partial charge in [-0.3, -0.25) is 4.57 Å². The lowest BCUT2D eigenvalue weighted by Crippen LogP contribution is -2.44. The molecule has 0 fully saturated rings. The summed E-state index contributed by atoms with van der Waals surface area (Å²) in [5.74, 6) is 0. The Bertz CT molecular complexity index is 323. The van der Waals surface area contributed by atoms with E-state index < -0.39 is 18.6 Å². The predicted octanol–water partition coefficient (Wildman–Crippen LogP) is 3.24. The summed E-state index contributed by atoms with van der Waals surface area (Å²) in [6.45, 7) is 7.58. The maximum absolute atomic E-state index is 12.4. The van der Waals surface area contributed by atoms with Gasteiger partial charge in [0, 0.05) is 0 Å². The van der Waals surface area contributed by atoms with Crippen LogP contribution in [0.3, 0.4) is 0 Å². The number of unbranched alkanes of at least 4 members (excludes halogenated alkanes) is 1. The lowest BCUT2D eigenvalue weighted by atomic mass is 10.1. The van der Waals surface area contributed by atoms with Crippen LogP contribution in [0.5, 0.6) is 0 Å². The first-order valence-corrected chi connectivity index (χ1v) is 9.06. The number of hydrogen-bond acceptors (Lipinski definition) is 5. The third-order valence-corrected chi connectivity index (χ3v) is 5.56. The fraction of sp³-hybridized carbons (Fsp3) is 1.00. The van der Waals surface area contributed by atoms with E-state index in [1.807, 2.05) is 27.7 Å². The number of hydrogen-bond donors (Lipinski definition) is 3. The fourth-order valence-corrected chi connectivity index (χ4v) is 3.23. The highest BCUT2D eigenvalue weighted by molar-refractivity contribution is 7.54. The molecule has 0 saturated heterocycles. The van der Waals surface area contributed by atoms with Crippen molar-refractivity contribution in [2.24, 2.45) is 11.5 Å². The van der Waals surface area contributed by atoms with Crippen LogP contribution in [0, 0.1) is 0 Å². The molecule has 0 aromatic carbocycles. The molecule has 0 aromatic rings. The first-order valence-electron chi connectivity index (χ1n) is 7.48. The summed E-state index contributed by atoms with van der Waals surface area (Å²) < 4.78 is 17.3. The molecular weight excluding hydrogens is 279 g/mol. The fourth-order valence-electron chi connectivity index (χ4n) is 1.89. The molecule has 0 aliphatic carbocycles. The average Bonchev–Trinajstić information content (AvgIpc) is 2.43. The van der Waals surface area contributed by atoms with Gasteiger partial charge >= 0.3 is 7.60 Å². The van der Waals surface area contributed by atoms with Gasteiger partial charge in [-0.15, -0.1) is 4.67 Å². The highest BCUT2D eigenvalue weighted by Gasteiger charge is 2.46. The van der Waals surface area contributed by atoms with Crippen LogP contribution in [0.15, 0.2) is 0 Å². The standard InChI is InChI=1S/C13H31N2O4P/c1-5-9-11-13(15,10-6-2)20(16,17)19-18-12(14,7-3)8-4/h5-11,14-15H2,1-4H3,(H,16,17). The first-order chi connectivity index (χ1) is 9.20. The Hall–Kier alpha value is 0.0300. The lowest BCUT2D eigenvalue weighted by Gasteiger charge is -2.34. The number of nitrogens with two attached hydrogens (primary N) is 2.